The van der Waals surface area contributed by atoms with E-state index >= 15 is 0 Å². The van der Waals surface area contributed by atoms with E-state index in [0.29, 0.717) is 18.4 Å². The summed E-state index contributed by atoms with van der Waals surface area (Å²) < 4.78 is 6.98. The molecule has 3 aromatic heterocycles. The van der Waals surface area contributed by atoms with Crippen molar-refractivity contribution in [3.8, 4) is 11.3 Å². The van der Waals surface area contributed by atoms with Crippen molar-refractivity contribution in [2.75, 3.05) is 5.32 Å². The Morgan fingerprint density at radius 1 is 1.27 bits per heavy atom. The van der Waals surface area contributed by atoms with Crippen LogP contribution in [0.5, 0.6) is 0 Å². The Bertz CT molecular complexity index is 746. The van der Waals surface area contributed by atoms with Crippen LogP contribution < -0.4 is 5.32 Å². The van der Waals surface area contributed by atoms with E-state index in [2.05, 4.69) is 25.5 Å². The molecule has 3 rings (SSSR count). The standard InChI is InChI=1S/C15H18N6O/c1-10(2)14-18-15(22-20-14)17-8-12-9-21(3)19-13(12)11-4-6-16-7-5-11/h4-7,9-10H,8H2,1-3H3,(H,17,18,20). The summed E-state index contributed by atoms with van der Waals surface area (Å²) >= 11 is 0. The van der Waals surface area contributed by atoms with Crippen LogP contribution in [0.4, 0.5) is 6.01 Å². The average molecular weight is 298 g/mol. The number of hydrogen-bond acceptors (Lipinski definition) is 6. The van der Waals surface area contributed by atoms with Crippen LogP contribution in [-0.4, -0.2) is 24.9 Å². The lowest BCUT2D eigenvalue weighted by molar-refractivity contribution is 0.419. The Hall–Kier alpha value is -2.70. The summed E-state index contributed by atoms with van der Waals surface area (Å²) in [5, 5.41) is 11.6. The monoisotopic (exact) mass is 298 g/mol. The maximum atomic E-state index is 5.19. The molecule has 0 aromatic carbocycles. The highest BCUT2D eigenvalue weighted by atomic mass is 16.5. The highest BCUT2D eigenvalue weighted by Crippen LogP contribution is 2.22. The van der Waals surface area contributed by atoms with Crippen molar-refractivity contribution in [1.82, 2.24) is 24.9 Å². The number of anilines is 1. The number of pyridine rings is 1. The van der Waals surface area contributed by atoms with E-state index in [1.165, 1.54) is 0 Å². The lowest BCUT2D eigenvalue weighted by Crippen LogP contribution is -2.00. The lowest BCUT2D eigenvalue weighted by atomic mass is 10.1. The average Bonchev–Trinajstić information content (AvgIpc) is 3.12. The molecule has 1 N–H and O–H groups in total. The van der Waals surface area contributed by atoms with Gasteiger partial charge < -0.3 is 9.84 Å². The van der Waals surface area contributed by atoms with Crippen LogP contribution >= 0.6 is 0 Å². The number of rotatable bonds is 5. The summed E-state index contributed by atoms with van der Waals surface area (Å²) in [4.78, 5) is 8.34. The molecule has 0 saturated heterocycles. The van der Waals surface area contributed by atoms with E-state index < -0.39 is 0 Å². The molecule has 3 heterocycles. The number of hydrogen-bond donors (Lipinski definition) is 1. The summed E-state index contributed by atoms with van der Waals surface area (Å²) in [7, 11) is 1.90. The van der Waals surface area contributed by atoms with Crippen molar-refractivity contribution in [3.05, 3.63) is 42.1 Å². The smallest absolute Gasteiger partial charge is 0.321 e. The van der Waals surface area contributed by atoms with Gasteiger partial charge in [-0.05, 0) is 12.1 Å². The summed E-state index contributed by atoms with van der Waals surface area (Å²) in [5.41, 5.74) is 3.00. The van der Waals surface area contributed by atoms with Crippen LogP contribution in [0.15, 0.2) is 35.2 Å². The van der Waals surface area contributed by atoms with Crippen molar-refractivity contribution in [1.29, 1.82) is 0 Å². The Kier molecular flexibility index (Phi) is 3.86. The number of nitrogens with zero attached hydrogens (tertiary/aromatic N) is 5. The third-order valence-electron chi connectivity index (χ3n) is 3.25. The van der Waals surface area contributed by atoms with Crippen LogP contribution in [0.3, 0.4) is 0 Å². The zero-order chi connectivity index (χ0) is 15.5. The molecule has 0 aliphatic carbocycles. The molecule has 3 aromatic rings. The van der Waals surface area contributed by atoms with E-state index in [-0.39, 0.29) is 5.92 Å². The minimum absolute atomic E-state index is 0.241. The minimum Gasteiger partial charge on any atom is -0.334 e. The molecule has 0 fully saturated rings. The molecule has 0 saturated carbocycles. The van der Waals surface area contributed by atoms with Crippen molar-refractivity contribution >= 4 is 6.01 Å². The lowest BCUT2D eigenvalue weighted by Gasteiger charge is -2.02. The van der Waals surface area contributed by atoms with E-state index in [1.807, 2.05) is 39.2 Å². The Morgan fingerprint density at radius 3 is 2.73 bits per heavy atom. The van der Waals surface area contributed by atoms with Gasteiger partial charge in [-0.25, -0.2) is 0 Å². The second kappa shape index (κ2) is 5.97. The molecule has 0 atom stereocenters. The van der Waals surface area contributed by atoms with Gasteiger partial charge >= 0.3 is 6.01 Å². The van der Waals surface area contributed by atoms with Gasteiger partial charge in [0, 0.05) is 49.2 Å². The van der Waals surface area contributed by atoms with E-state index in [4.69, 9.17) is 4.52 Å². The van der Waals surface area contributed by atoms with Crippen LogP contribution in [0, 0.1) is 0 Å². The van der Waals surface area contributed by atoms with Crippen LogP contribution in [0.2, 0.25) is 0 Å². The second-order valence-electron chi connectivity index (χ2n) is 5.38. The van der Waals surface area contributed by atoms with Crippen LogP contribution in [0.1, 0.15) is 31.2 Å². The third kappa shape index (κ3) is 2.98. The first-order valence-electron chi connectivity index (χ1n) is 7.14. The fraction of sp³-hybridized carbons (Fsp3) is 0.333. The van der Waals surface area contributed by atoms with Gasteiger partial charge in [0.25, 0.3) is 0 Å². The van der Waals surface area contributed by atoms with Gasteiger partial charge in [-0.3, -0.25) is 9.67 Å². The van der Waals surface area contributed by atoms with Crippen molar-refractivity contribution in [3.63, 3.8) is 0 Å². The Labute approximate surface area is 128 Å². The summed E-state index contributed by atoms with van der Waals surface area (Å²) in [6.45, 7) is 4.61. The predicted octanol–water partition coefficient (Wildman–Crippen LogP) is 2.60. The Balaban J connectivity index is 1.78. The number of nitrogens with one attached hydrogen (secondary N) is 1. The molecule has 7 nitrogen and oxygen atoms in total. The molecular formula is C15H18N6O. The quantitative estimate of drug-likeness (QED) is 0.779. The summed E-state index contributed by atoms with van der Waals surface area (Å²) in [5.74, 6) is 0.938. The predicted molar refractivity (Wildman–Crippen MR) is 82.2 cm³/mol. The maximum absolute atomic E-state index is 5.19. The minimum atomic E-state index is 0.241. The topological polar surface area (TPSA) is 81.7 Å². The fourth-order valence-corrected chi connectivity index (χ4v) is 2.13. The Morgan fingerprint density at radius 2 is 2.05 bits per heavy atom. The highest BCUT2D eigenvalue weighted by Gasteiger charge is 2.13. The molecule has 0 spiro atoms. The third-order valence-corrected chi connectivity index (χ3v) is 3.25. The van der Waals surface area contributed by atoms with Gasteiger partial charge in [-0.1, -0.05) is 19.0 Å². The van der Waals surface area contributed by atoms with Crippen molar-refractivity contribution in [2.45, 2.75) is 26.3 Å². The van der Waals surface area contributed by atoms with Crippen molar-refractivity contribution < 1.29 is 4.52 Å². The molecule has 0 unspecified atom stereocenters. The van der Waals surface area contributed by atoms with E-state index in [1.54, 1.807) is 17.1 Å². The molecular weight excluding hydrogens is 280 g/mol. The summed E-state index contributed by atoms with van der Waals surface area (Å²) in [6, 6.07) is 4.30. The molecule has 0 radical (unpaired) electrons. The van der Waals surface area contributed by atoms with Crippen LogP contribution in [0.25, 0.3) is 11.3 Å². The maximum Gasteiger partial charge on any atom is 0.321 e. The fourth-order valence-electron chi connectivity index (χ4n) is 2.13. The van der Waals surface area contributed by atoms with E-state index in [0.717, 1.165) is 16.8 Å². The van der Waals surface area contributed by atoms with Gasteiger partial charge in [-0.15, -0.1) is 0 Å². The van der Waals surface area contributed by atoms with E-state index in [9.17, 15) is 0 Å². The van der Waals surface area contributed by atoms with Crippen LogP contribution in [-0.2, 0) is 13.6 Å². The van der Waals surface area contributed by atoms with Gasteiger partial charge in [0.05, 0.1) is 5.69 Å². The largest absolute Gasteiger partial charge is 0.334 e. The first-order valence-corrected chi connectivity index (χ1v) is 7.14. The molecule has 114 valence electrons. The molecule has 0 aliphatic rings. The SMILES string of the molecule is CC(C)c1noc(NCc2cn(C)nc2-c2ccncc2)n1. The first kappa shape index (κ1) is 14.2. The van der Waals surface area contributed by atoms with Gasteiger partial charge in [-0.2, -0.15) is 10.1 Å². The number of aryl methyl sites for hydroxylation is 1. The summed E-state index contributed by atoms with van der Waals surface area (Å²) in [6.07, 6.45) is 5.49. The molecule has 0 amide bonds. The van der Waals surface area contributed by atoms with Gasteiger partial charge in [0.2, 0.25) is 0 Å². The number of aromatic nitrogens is 5. The first-order chi connectivity index (χ1) is 10.6. The van der Waals surface area contributed by atoms with Gasteiger partial charge in [0.15, 0.2) is 5.82 Å². The highest BCUT2D eigenvalue weighted by molar-refractivity contribution is 5.62. The second-order valence-corrected chi connectivity index (χ2v) is 5.38. The normalized spacial score (nSPS) is 11.1. The zero-order valence-electron chi connectivity index (χ0n) is 12.8. The molecule has 0 aliphatic heterocycles. The zero-order valence-corrected chi connectivity index (χ0v) is 12.8. The molecule has 0 bridgehead atoms. The molecule has 7 heteroatoms. The van der Waals surface area contributed by atoms with Gasteiger partial charge in [0.1, 0.15) is 0 Å². The van der Waals surface area contributed by atoms with Crippen molar-refractivity contribution in [2.24, 2.45) is 7.05 Å². The molecule has 22 heavy (non-hydrogen) atoms.